The Labute approximate surface area is 214 Å². The summed E-state index contributed by atoms with van der Waals surface area (Å²) in [6.45, 7) is 6.91. The number of carbonyl (C=O) groups excluding carboxylic acids is 1. The first-order valence-corrected chi connectivity index (χ1v) is 13.3. The summed E-state index contributed by atoms with van der Waals surface area (Å²) in [4.78, 5) is 15.8. The van der Waals surface area contributed by atoms with Crippen LogP contribution >= 0.6 is 0 Å². The fraction of sp³-hybridized carbons (Fsp3) is 0.500. The highest BCUT2D eigenvalue weighted by molar-refractivity contribution is 5.82. The topological polar surface area (TPSA) is 87.5 Å². The Morgan fingerprint density at radius 3 is 2.78 bits per heavy atom. The molecular formula is C30H40N2O4. The van der Waals surface area contributed by atoms with Gasteiger partial charge in [-0.3, -0.25) is 4.79 Å². The number of nitrogens with one attached hydrogen (secondary N) is 1. The maximum Gasteiger partial charge on any atom is 0.165 e. The molecule has 0 fully saturated rings. The molecule has 6 nitrogen and oxygen atoms in total. The third-order valence-electron chi connectivity index (χ3n) is 7.33. The van der Waals surface area contributed by atoms with Crippen molar-refractivity contribution < 1.29 is 19.7 Å². The number of aromatic amines is 1. The number of aliphatic hydroxyl groups excluding tert-OH is 1. The monoisotopic (exact) mass is 492 g/mol. The lowest BCUT2D eigenvalue weighted by atomic mass is 9.84. The molecule has 2 aromatic heterocycles. The number of phenols is 1. The smallest absolute Gasteiger partial charge is 0.165 e. The summed E-state index contributed by atoms with van der Waals surface area (Å²) in [6, 6.07) is 7.35. The molecular weight excluding hydrogens is 452 g/mol. The van der Waals surface area contributed by atoms with Gasteiger partial charge in [-0.1, -0.05) is 39.0 Å². The zero-order valence-electron chi connectivity index (χ0n) is 21.7. The minimum absolute atomic E-state index is 0.0577. The van der Waals surface area contributed by atoms with Gasteiger partial charge in [-0.15, -0.1) is 0 Å². The number of phenolic OH excluding ortho intramolecular Hbond substituents is 1. The number of H-pyrrole nitrogens is 1. The summed E-state index contributed by atoms with van der Waals surface area (Å²) < 4.78 is 8.13. The van der Waals surface area contributed by atoms with Gasteiger partial charge in [0, 0.05) is 42.2 Å². The van der Waals surface area contributed by atoms with E-state index in [9.17, 15) is 15.0 Å². The van der Waals surface area contributed by atoms with E-state index in [1.165, 1.54) is 11.1 Å². The average Bonchev–Trinajstić information content (AvgIpc) is 3.43. The molecule has 0 radical (unpaired) electrons. The van der Waals surface area contributed by atoms with Gasteiger partial charge in [0.2, 0.25) is 0 Å². The number of aliphatic hydroxyl groups is 1. The number of nitrogens with zero attached hydrogens (tertiary/aromatic N) is 1. The van der Waals surface area contributed by atoms with Crippen LogP contribution in [0.4, 0.5) is 0 Å². The quantitative estimate of drug-likeness (QED) is 0.264. The predicted octanol–water partition coefficient (Wildman–Crippen LogP) is 6.16. The molecule has 1 aliphatic carbocycles. The summed E-state index contributed by atoms with van der Waals surface area (Å²) in [5.41, 5.74) is 3.23. The fourth-order valence-corrected chi connectivity index (χ4v) is 4.99. The molecule has 36 heavy (non-hydrogen) atoms. The molecule has 194 valence electrons. The van der Waals surface area contributed by atoms with Gasteiger partial charge in [0.15, 0.2) is 18.2 Å². The Morgan fingerprint density at radius 1 is 1.19 bits per heavy atom. The van der Waals surface area contributed by atoms with Gasteiger partial charge in [0.25, 0.3) is 0 Å². The Bertz CT molecular complexity index is 1190. The lowest BCUT2D eigenvalue weighted by Gasteiger charge is -2.24. The van der Waals surface area contributed by atoms with Crippen LogP contribution in [0.1, 0.15) is 64.1 Å². The lowest BCUT2D eigenvalue weighted by Crippen LogP contribution is -2.24. The first kappa shape index (κ1) is 26.1. The number of fused-ring (bicyclic) bond motifs is 1. The molecule has 3 atom stereocenters. The van der Waals surface area contributed by atoms with Gasteiger partial charge in [-0.25, -0.2) is 0 Å². The number of aromatic nitrogens is 2. The molecule has 0 spiro atoms. The summed E-state index contributed by atoms with van der Waals surface area (Å²) in [5, 5.41) is 22.1. The zero-order valence-corrected chi connectivity index (χ0v) is 21.7. The number of carbonyl (C=O) groups is 1. The van der Waals surface area contributed by atoms with E-state index in [-0.39, 0.29) is 23.9 Å². The highest BCUT2D eigenvalue weighted by Crippen LogP contribution is 2.30. The van der Waals surface area contributed by atoms with Gasteiger partial charge in [-0.2, -0.15) is 0 Å². The second-order valence-electron chi connectivity index (χ2n) is 10.8. The zero-order chi connectivity index (χ0) is 25.7. The van der Waals surface area contributed by atoms with E-state index in [0.29, 0.717) is 37.2 Å². The molecule has 1 aliphatic rings. The Kier molecular flexibility index (Phi) is 8.57. The molecule has 4 rings (SSSR count). The highest BCUT2D eigenvalue weighted by atomic mass is 16.5. The van der Waals surface area contributed by atoms with E-state index in [1.54, 1.807) is 6.07 Å². The minimum atomic E-state index is -0.614. The van der Waals surface area contributed by atoms with Crippen LogP contribution < -0.4 is 4.74 Å². The average molecular weight is 493 g/mol. The van der Waals surface area contributed by atoms with Gasteiger partial charge in [0.05, 0.1) is 11.6 Å². The number of rotatable bonds is 12. The van der Waals surface area contributed by atoms with Crippen LogP contribution in [0.3, 0.4) is 0 Å². The van der Waals surface area contributed by atoms with E-state index >= 15 is 0 Å². The number of Topliss-reactive ketones (excluding diaryl/α,β-unsaturated/α-hetero) is 1. The van der Waals surface area contributed by atoms with Crippen molar-refractivity contribution >= 4 is 16.7 Å². The Balaban J connectivity index is 1.34. The lowest BCUT2D eigenvalue weighted by molar-refractivity contribution is -0.121. The number of benzene rings is 1. The molecule has 0 bridgehead atoms. The van der Waals surface area contributed by atoms with Crippen molar-refractivity contribution in [2.45, 2.75) is 78.6 Å². The van der Waals surface area contributed by atoms with Gasteiger partial charge >= 0.3 is 0 Å². The highest BCUT2D eigenvalue weighted by Gasteiger charge is 2.22. The summed E-state index contributed by atoms with van der Waals surface area (Å²) in [5.74, 6) is 1.78. The van der Waals surface area contributed by atoms with Crippen molar-refractivity contribution in [3.05, 3.63) is 60.1 Å². The molecule has 3 aromatic rings. The number of allylic oxidation sites excluding steroid dienone is 1. The van der Waals surface area contributed by atoms with Crippen LogP contribution in [-0.4, -0.2) is 31.7 Å². The first-order chi connectivity index (χ1) is 17.3. The molecule has 0 amide bonds. The van der Waals surface area contributed by atoms with Crippen LogP contribution in [0.15, 0.2) is 48.8 Å². The van der Waals surface area contributed by atoms with Crippen LogP contribution in [-0.2, 0) is 24.4 Å². The molecule has 0 saturated heterocycles. The molecule has 2 heterocycles. The maximum atomic E-state index is 12.5. The van der Waals surface area contributed by atoms with Crippen LogP contribution in [0.5, 0.6) is 11.5 Å². The van der Waals surface area contributed by atoms with Crippen molar-refractivity contribution in [1.29, 1.82) is 0 Å². The molecule has 1 aromatic carbocycles. The number of ether oxygens (including phenoxy) is 1. The number of hydrogen-bond acceptors (Lipinski definition) is 4. The molecule has 6 heteroatoms. The number of aryl methyl sites for hydroxylation is 2. The van der Waals surface area contributed by atoms with Crippen LogP contribution in [0.2, 0.25) is 0 Å². The molecule has 0 aliphatic heterocycles. The molecule has 0 saturated carbocycles. The summed E-state index contributed by atoms with van der Waals surface area (Å²) in [7, 11) is 0. The second kappa shape index (κ2) is 11.8. The standard InChI is InChI=1S/C30H40N2O4/c1-20(2)4-12-27-25-14-15-31-26(25)18-32(27)19-36-30-16-22(8-13-28(30)34)7-11-24(33)17-29(35)23-9-5-21(3)6-10-23/h5,8-9,13-16,18,20-21,23,29,31,34-35H,4,6-7,10-12,17,19H2,1-3H3. The third-order valence-corrected chi connectivity index (χ3v) is 7.33. The molecule has 3 N–H and O–H groups in total. The van der Waals surface area contributed by atoms with E-state index in [1.807, 2.05) is 18.3 Å². The van der Waals surface area contributed by atoms with E-state index in [4.69, 9.17) is 4.74 Å². The van der Waals surface area contributed by atoms with E-state index in [2.05, 4.69) is 54.7 Å². The van der Waals surface area contributed by atoms with Crippen molar-refractivity contribution in [2.75, 3.05) is 0 Å². The Morgan fingerprint density at radius 2 is 2.03 bits per heavy atom. The Hall–Kier alpha value is -2.99. The summed E-state index contributed by atoms with van der Waals surface area (Å²) in [6.07, 6.45) is 12.7. The maximum absolute atomic E-state index is 12.5. The van der Waals surface area contributed by atoms with Crippen molar-refractivity contribution in [3.63, 3.8) is 0 Å². The van der Waals surface area contributed by atoms with Crippen LogP contribution in [0, 0.1) is 17.8 Å². The third kappa shape index (κ3) is 6.61. The number of aromatic hydroxyl groups is 1. The SMILES string of the molecule is CC(C)CCc1c2cc[nH]c2cn1COc1cc(CCC(=O)CC(O)C2C=CC(C)CC2)ccc1O. The van der Waals surface area contributed by atoms with Crippen molar-refractivity contribution in [3.8, 4) is 11.5 Å². The normalized spacial score (nSPS) is 18.7. The van der Waals surface area contributed by atoms with E-state index in [0.717, 1.165) is 36.8 Å². The number of ketones is 1. The second-order valence-corrected chi connectivity index (χ2v) is 10.8. The van der Waals surface area contributed by atoms with Crippen molar-refractivity contribution in [1.82, 2.24) is 9.55 Å². The van der Waals surface area contributed by atoms with E-state index < -0.39 is 6.10 Å². The van der Waals surface area contributed by atoms with Gasteiger partial charge in [-0.05, 0) is 67.7 Å². The van der Waals surface area contributed by atoms with Gasteiger partial charge in [0.1, 0.15) is 5.78 Å². The largest absolute Gasteiger partial charge is 0.504 e. The fourth-order valence-electron chi connectivity index (χ4n) is 4.99. The molecule has 3 unspecified atom stereocenters. The summed E-state index contributed by atoms with van der Waals surface area (Å²) >= 11 is 0. The predicted molar refractivity (Wildman–Crippen MR) is 143 cm³/mol. The van der Waals surface area contributed by atoms with Crippen molar-refractivity contribution in [2.24, 2.45) is 17.8 Å². The van der Waals surface area contributed by atoms with Crippen LogP contribution in [0.25, 0.3) is 10.9 Å². The minimum Gasteiger partial charge on any atom is -0.504 e. The van der Waals surface area contributed by atoms with Gasteiger partial charge < -0.3 is 24.5 Å². The number of hydrogen-bond donors (Lipinski definition) is 3. The first-order valence-electron chi connectivity index (χ1n) is 13.3.